The van der Waals surface area contributed by atoms with E-state index in [0.717, 1.165) is 0 Å². The zero-order valence-electron chi connectivity index (χ0n) is 13.4. The SMILES string of the molecule is CCCc1ccc(C)cc1.CCCc1cccc(C)c1. The molecule has 2 aromatic rings. The molecule has 0 radical (unpaired) electrons. The molecular weight excluding hydrogens is 240 g/mol. The molecule has 0 aliphatic rings. The van der Waals surface area contributed by atoms with Crippen molar-refractivity contribution in [1.82, 2.24) is 0 Å². The van der Waals surface area contributed by atoms with E-state index in [9.17, 15) is 0 Å². The molecule has 0 saturated heterocycles. The van der Waals surface area contributed by atoms with Crippen LogP contribution in [0, 0.1) is 13.8 Å². The van der Waals surface area contributed by atoms with Gasteiger partial charge in [-0.05, 0) is 37.8 Å². The highest BCUT2D eigenvalue weighted by atomic mass is 13.9. The number of hydrogen-bond donors (Lipinski definition) is 0. The van der Waals surface area contributed by atoms with Gasteiger partial charge in [-0.3, -0.25) is 0 Å². The first kappa shape index (κ1) is 16.5. The monoisotopic (exact) mass is 268 g/mol. The fraction of sp³-hybridized carbons (Fsp3) is 0.400. The first-order valence-electron chi connectivity index (χ1n) is 7.76. The summed E-state index contributed by atoms with van der Waals surface area (Å²) in [5.74, 6) is 0. The summed E-state index contributed by atoms with van der Waals surface area (Å²) in [5, 5.41) is 0. The van der Waals surface area contributed by atoms with Crippen LogP contribution in [0.4, 0.5) is 0 Å². The Balaban J connectivity index is 0.000000200. The molecule has 2 rings (SSSR count). The standard InChI is InChI=1S/2C10H14/c1-3-5-10-7-4-6-9(2)8-10;1-3-4-10-7-5-9(2)6-8-10/h4,6-8H,3,5H2,1-2H3;5-8H,3-4H2,1-2H3. The average molecular weight is 268 g/mol. The Labute approximate surface area is 124 Å². The fourth-order valence-corrected chi connectivity index (χ4v) is 2.20. The van der Waals surface area contributed by atoms with Gasteiger partial charge in [-0.2, -0.15) is 0 Å². The molecule has 0 N–H and O–H groups in total. The van der Waals surface area contributed by atoms with Gasteiger partial charge >= 0.3 is 0 Å². The van der Waals surface area contributed by atoms with Crippen molar-refractivity contribution in [2.24, 2.45) is 0 Å². The second-order valence-electron chi connectivity index (χ2n) is 5.47. The molecule has 108 valence electrons. The molecule has 0 bridgehead atoms. The highest BCUT2D eigenvalue weighted by molar-refractivity contribution is 5.22. The smallest absolute Gasteiger partial charge is 0.0281 e. The maximum absolute atomic E-state index is 2.25. The Morgan fingerprint density at radius 3 is 1.80 bits per heavy atom. The number of rotatable bonds is 4. The number of aryl methyl sites for hydroxylation is 4. The van der Waals surface area contributed by atoms with Crippen molar-refractivity contribution >= 4 is 0 Å². The summed E-state index contributed by atoms with van der Waals surface area (Å²) in [6.07, 6.45) is 4.90. The predicted molar refractivity (Wildman–Crippen MR) is 90.3 cm³/mol. The summed E-state index contributed by atoms with van der Waals surface area (Å²) in [6.45, 7) is 8.68. The van der Waals surface area contributed by atoms with Gasteiger partial charge in [0.25, 0.3) is 0 Å². The molecular formula is C20H28. The van der Waals surface area contributed by atoms with Crippen LogP contribution in [0.3, 0.4) is 0 Å². The van der Waals surface area contributed by atoms with E-state index in [4.69, 9.17) is 0 Å². The van der Waals surface area contributed by atoms with E-state index in [2.05, 4.69) is 76.2 Å². The molecule has 0 heterocycles. The van der Waals surface area contributed by atoms with E-state index in [1.165, 1.54) is 47.9 Å². The third-order valence-corrected chi connectivity index (χ3v) is 3.28. The van der Waals surface area contributed by atoms with Crippen LogP contribution in [-0.2, 0) is 12.8 Å². The summed E-state index contributed by atoms with van der Waals surface area (Å²) >= 11 is 0. The molecule has 20 heavy (non-hydrogen) atoms. The molecule has 0 aliphatic heterocycles. The first-order chi connectivity index (χ1) is 9.65. The average Bonchev–Trinajstić information content (AvgIpc) is 2.43. The van der Waals surface area contributed by atoms with Gasteiger partial charge in [0.2, 0.25) is 0 Å². The van der Waals surface area contributed by atoms with Crippen LogP contribution in [-0.4, -0.2) is 0 Å². The van der Waals surface area contributed by atoms with Gasteiger partial charge in [-0.1, -0.05) is 86.3 Å². The van der Waals surface area contributed by atoms with E-state index >= 15 is 0 Å². The van der Waals surface area contributed by atoms with Crippen molar-refractivity contribution in [3.05, 3.63) is 70.8 Å². The van der Waals surface area contributed by atoms with E-state index in [0.29, 0.717) is 0 Å². The Hall–Kier alpha value is -1.56. The van der Waals surface area contributed by atoms with Gasteiger partial charge in [0.15, 0.2) is 0 Å². The fourth-order valence-electron chi connectivity index (χ4n) is 2.20. The normalized spacial score (nSPS) is 9.80. The summed E-state index contributed by atoms with van der Waals surface area (Å²) in [7, 11) is 0. The Morgan fingerprint density at radius 2 is 1.25 bits per heavy atom. The van der Waals surface area contributed by atoms with Crippen molar-refractivity contribution in [2.75, 3.05) is 0 Å². The lowest BCUT2D eigenvalue weighted by Gasteiger charge is -1.97. The minimum Gasteiger partial charge on any atom is -0.0651 e. The molecule has 0 fully saturated rings. The van der Waals surface area contributed by atoms with Crippen molar-refractivity contribution in [2.45, 2.75) is 53.4 Å². The molecule has 0 nitrogen and oxygen atoms in total. The largest absolute Gasteiger partial charge is 0.0651 e. The summed E-state index contributed by atoms with van der Waals surface area (Å²) in [4.78, 5) is 0. The molecule has 0 spiro atoms. The van der Waals surface area contributed by atoms with Gasteiger partial charge < -0.3 is 0 Å². The van der Waals surface area contributed by atoms with Crippen LogP contribution in [0.5, 0.6) is 0 Å². The van der Waals surface area contributed by atoms with Crippen molar-refractivity contribution in [3.8, 4) is 0 Å². The number of hydrogen-bond acceptors (Lipinski definition) is 0. The van der Waals surface area contributed by atoms with Gasteiger partial charge in [-0.25, -0.2) is 0 Å². The summed E-state index contributed by atoms with van der Waals surface area (Å²) < 4.78 is 0. The zero-order valence-corrected chi connectivity index (χ0v) is 13.4. The highest BCUT2D eigenvalue weighted by Gasteiger charge is 1.89. The summed E-state index contributed by atoms with van der Waals surface area (Å²) in [6, 6.07) is 17.5. The molecule has 0 saturated carbocycles. The van der Waals surface area contributed by atoms with E-state index in [1.807, 2.05) is 0 Å². The second kappa shape index (κ2) is 9.36. The Kier molecular flexibility index (Phi) is 7.72. The Bertz CT molecular complexity index is 480. The minimum absolute atomic E-state index is 1.21. The molecule has 0 atom stereocenters. The van der Waals surface area contributed by atoms with E-state index in [1.54, 1.807) is 0 Å². The van der Waals surface area contributed by atoms with Gasteiger partial charge in [0.1, 0.15) is 0 Å². The second-order valence-corrected chi connectivity index (χ2v) is 5.47. The lowest BCUT2D eigenvalue weighted by Crippen LogP contribution is -1.82. The van der Waals surface area contributed by atoms with Crippen LogP contribution in [0.15, 0.2) is 48.5 Å². The molecule has 2 aromatic carbocycles. The maximum atomic E-state index is 2.25. The number of benzene rings is 2. The maximum Gasteiger partial charge on any atom is -0.0281 e. The van der Waals surface area contributed by atoms with Crippen molar-refractivity contribution < 1.29 is 0 Å². The lowest BCUT2D eigenvalue weighted by molar-refractivity contribution is 0.920. The summed E-state index contributed by atoms with van der Waals surface area (Å²) in [5.41, 5.74) is 5.63. The minimum atomic E-state index is 1.21. The zero-order chi connectivity index (χ0) is 14.8. The van der Waals surface area contributed by atoms with Gasteiger partial charge in [0.05, 0.1) is 0 Å². The Morgan fingerprint density at radius 1 is 0.650 bits per heavy atom. The quantitative estimate of drug-likeness (QED) is 0.648. The van der Waals surface area contributed by atoms with E-state index < -0.39 is 0 Å². The lowest BCUT2D eigenvalue weighted by atomic mass is 10.1. The van der Waals surface area contributed by atoms with E-state index in [-0.39, 0.29) is 0 Å². The highest BCUT2D eigenvalue weighted by Crippen LogP contribution is 2.06. The third-order valence-electron chi connectivity index (χ3n) is 3.28. The van der Waals surface area contributed by atoms with Crippen LogP contribution < -0.4 is 0 Å². The molecule has 0 aliphatic carbocycles. The van der Waals surface area contributed by atoms with Crippen molar-refractivity contribution in [1.29, 1.82) is 0 Å². The molecule has 0 amide bonds. The van der Waals surface area contributed by atoms with Gasteiger partial charge in [0, 0.05) is 0 Å². The topological polar surface area (TPSA) is 0 Å². The third kappa shape index (κ3) is 6.56. The molecule has 0 aromatic heterocycles. The van der Waals surface area contributed by atoms with Crippen LogP contribution in [0.25, 0.3) is 0 Å². The predicted octanol–water partition coefficient (Wildman–Crippen LogP) is 5.90. The van der Waals surface area contributed by atoms with Gasteiger partial charge in [-0.15, -0.1) is 0 Å². The molecule has 0 heteroatoms. The van der Waals surface area contributed by atoms with Crippen molar-refractivity contribution in [3.63, 3.8) is 0 Å². The van der Waals surface area contributed by atoms with Crippen LogP contribution >= 0.6 is 0 Å². The molecule has 0 unspecified atom stereocenters. The van der Waals surface area contributed by atoms with Crippen LogP contribution in [0.2, 0.25) is 0 Å². The van der Waals surface area contributed by atoms with Crippen LogP contribution in [0.1, 0.15) is 48.9 Å². The first-order valence-corrected chi connectivity index (χ1v) is 7.76.